The maximum atomic E-state index is 9.81. The van der Waals surface area contributed by atoms with Crippen LogP contribution in [-0.4, -0.2) is 82.5 Å². The summed E-state index contributed by atoms with van der Waals surface area (Å²) < 4.78 is 1.99. The Kier molecular flexibility index (Phi) is 6.11. The molecule has 0 saturated heterocycles. The summed E-state index contributed by atoms with van der Waals surface area (Å²) in [5, 5.41) is 60.0. The Hall–Kier alpha value is -2.70. The fraction of sp³-hybridized carbons (Fsp3) is 0.412. The molecule has 0 aliphatic heterocycles. The van der Waals surface area contributed by atoms with Crippen LogP contribution in [0.2, 0.25) is 0 Å². The van der Waals surface area contributed by atoms with Crippen LogP contribution in [0.1, 0.15) is 6.92 Å². The second-order valence-corrected chi connectivity index (χ2v) is 6.18. The lowest BCUT2D eigenvalue weighted by Crippen LogP contribution is -2.46. The highest BCUT2D eigenvalue weighted by molar-refractivity contribution is 6.04. The molecule has 11 nitrogen and oxygen atoms in total. The van der Waals surface area contributed by atoms with Gasteiger partial charge in [-0.25, -0.2) is 5.43 Å². The lowest BCUT2D eigenvalue weighted by atomic mass is 10.0. The number of aliphatic hydroxyl groups excluding tert-OH is 5. The van der Waals surface area contributed by atoms with Gasteiger partial charge in [0.05, 0.1) is 18.3 Å². The number of para-hydroxylation sites is 1. The van der Waals surface area contributed by atoms with Crippen molar-refractivity contribution in [3.05, 3.63) is 24.3 Å². The van der Waals surface area contributed by atoms with Gasteiger partial charge in [-0.1, -0.05) is 18.2 Å². The van der Waals surface area contributed by atoms with E-state index in [0.717, 1.165) is 17.1 Å². The molecule has 0 saturated carbocycles. The number of aliphatic hydroxyl groups is 5. The first kappa shape index (κ1) is 20.0. The van der Waals surface area contributed by atoms with E-state index in [1.54, 1.807) is 0 Å². The molecular weight excluding hydrogens is 368 g/mol. The van der Waals surface area contributed by atoms with Crippen molar-refractivity contribution in [1.82, 2.24) is 19.7 Å². The molecule has 4 atom stereocenters. The molecule has 0 unspecified atom stereocenters. The van der Waals surface area contributed by atoms with E-state index in [9.17, 15) is 20.4 Å². The van der Waals surface area contributed by atoms with E-state index in [4.69, 9.17) is 5.11 Å². The fourth-order valence-corrected chi connectivity index (χ4v) is 2.87. The summed E-state index contributed by atoms with van der Waals surface area (Å²) in [6, 6.07) is 7.75. The van der Waals surface area contributed by atoms with Crippen molar-refractivity contribution < 1.29 is 25.5 Å². The molecule has 0 spiro atoms. The Morgan fingerprint density at radius 3 is 2.61 bits per heavy atom. The minimum Gasteiger partial charge on any atom is -0.394 e. The molecule has 0 aliphatic carbocycles. The average Bonchev–Trinajstić information content (AvgIpc) is 3.04. The van der Waals surface area contributed by atoms with Crippen LogP contribution in [0.5, 0.6) is 0 Å². The molecule has 0 bridgehead atoms. The summed E-state index contributed by atoms with van der Waals surface area (Å²) in [5.41, 5.74) is 4.77. The van der Waals surface area contributed by atoms with Gasteiger partial charge in [0.25, 0.3) is 5.95 Å². The van der Waals surface area contributed by atoms with Crippen LogP contribution in [0.25, 0.3) is 22.1 Å². The second kappa shape index (κ2) is 8.54. The first-order valence-electron chi connectivity index (χ1n) is 8.71. The first-order chi connectivity index (χ1) is 13.5. The molecule has 3 rings (SSSR count). The molecule has 0 aliphatic rings. The molecule has 6 N–H and O–H groups in total. The molecule has 0 fully saturated rings. The number of rotatable bonds is 8. The van der Waals surface area contributed by atoms with E-state index in [1.165, 1.54) is 0 Å². The van der Waals surface area contributed by atoms with Gasteiger partial charge < -0.3 is 30.1 Å². The largest absolute Gasteiger partial charge is 0.394 e. The van der Waals surface area contributed by atoms with Gasteiger partial charge in [0.15, 0.2) is 5.65 Å². The third-order valence-corrected chi connectivity index (χ3v) is 4.36. The number of hydrazone groups is 1. The molecule has 0 amide bonds. The summed E-state index contributed by atoms with van der Waals surface area (Å²) in [7, 11) is 0. The van der Waals surface area contributed by atoms with E-state index >= 15 is 0 Å². The van der Waals surface area contributed by atoms with E-state index in [0.29, 0.717) is 17.7 Å². The molecule has 1 aromatic carbocycles. The van der Waals surface area contributed by atoms with Crippen molar-refractivity contribution >= 4 is 34.2 Å². The smallest absolute Gasteiger partial charge is 0.265 e. The highest BCUT2D eigenvalue weighted by Gasteiger charge is 2.29. The molecule has 3 aromatic rings. The number of nitrogens with one attached hydrogen (secondary N) is 1. The third kappa shape index (κ3) is 3.79. The van der Waals surface area contributed by atoms with E-state index in [1.807, 2.05) is 35.8 Å². The minimum atomic E-state index is -1.74. The van der Waals surface area contributed by atoms with E-state index < -0.39 is 31.0 Å². The fourth-order valence-electron chi connectivity index (χ4n) is 2.87. The number of anilines is 1. The molecule has 28 heavy (non-hydrogen) atoms. The Bertz CT molecular complexity index is 977. The van der Waals surface area contributed by atoms with E-state index in [-0.39, 0.29) is 5.95 Å². The number of benzene rings is 1. The highest BCUT2D eigenvalue weighted by Crippen LogP contribution is 2.25. The Morgan fingerprint density at radius 2 is 1.89 bits per heavy atom. The van der Waals surface area contributed by atoms with Gasteiger partial charge in [-0.2, -0.15) is 10.1 Å². The normalized spacial score (nSPS) is 16.5. The lowest BCUT2D eigenvalue weighted by Gasteiger charge is -2.23. The van der Waals surface area contributed by atoms with Crippen LogP contribution in [-0.2, 0) is 6.54 Å². The van der Waals surface area contributed by atoms with Gasteiger partial charge >= 0.3 is 0 Å². The second-order valence-electron chi connectivity index (χ2n) is 6.18. The number of hydrogen-bond donors (Lipinski definition) is 6. The summed E-state index contributed by atoms with van der Waals surface area (Å²) in [6.07, 6.45) is -5.74. The summed E-state index contributed by atoms with van der Waals surface area (Å²) in [4.78, 5) is 4.40. The van der Waals surface area contributed by atoms with Crippen molar-refractivity contribution in [2.24, 2.45) is 5.10 Å². The van der Waals surface area contributed by atoms with Crippen LogP contribution in [0.4, 0.5) is 5.95 Å². The molecule has 0 radical (unpaired) electrons. The van der Waals surface area contributed by atoms with E-state index in [2.05, 4.69) is 25.7 Å². The highest BCUT2D eigenvalue weighted by atomic mass is 16.4. The standard InChI is InChI=1S/C17H22N6O5/c1-2-23-10-6-4-3-5-9(10)13-16(23)19-17(22-20-13)21-18-7-11(25)14(27)15(28)12(26)8-24/h3-7,11-12,14-15,24-28H,2,8H2,1H3,(H,19,21,22)/b18-7+/t11-,12+,14+,15+/m0/s1. The Morgan fingerprint density at radius 1 is 1.14 bits per heavy atom. The summed E-state index contributed by atoms with van der Waals surface area (Å²) in [6.45, 7) is 1.91. The van der Waals surface area contributed by atoms with Gasteiger partial charge in [0.2, 0.25) is 0 Å². The lowest BCUT2D eigenvalue weighted by molar-refractivity contribution is -0.0999. The van der Waals surface area contributed by atoms with Crippen molar-refractivity contribution in [1.29, 1.82) is 0 Å². The number of aromatic nitrogens is 4. The maximum absolute atomic E-state index is 9.81. The van der Waals surface area contributed by atoms with Gasteiger partial charge in [0.1, 0.15) is 29.9 Å². The number of hydrogen-bond acceptors (Lipinski definition) is 10. The van der Waals surface area contributed by atoms with Crippen molar-refractivity contribution in [2.45, 2.75) is 37.9 Å². The Balaban J connectivity index is 1.78. The van der Waals surface area contributed by atoms with Crippen LogP contribution in [0, 0.1) is 0 Å². The zero-order chi connectivity index (χ0) is 20.3. The molecule has 2 heterocycles. The van der Waals surface area contributed by atoms with Gasteiger partial charge in [0, 0.05) is 11.9 Å². The number of aryl methyl sites for hydroxylation is 1. The SMILES string of the molecule is CCn1c2ccccc2c2nnc(N/N=C/[C@H](O)[C@@H](O)[C@H](O)[C@H](O)CO)nc21. The minimum absolute atomic E-state index is 0.0823. The molecule has 2 aromatic heterocycles. The predicted octanol–water partition coefficient (Wildman–Crippen LogP) is -1.17. The molecule has 11 heteroatoms. The third-order valence-electron chi connectivity index (χ3n) is 4.36. The van der Waals surface area contributed by atoms with Crippen LogP contribution in [0.3, 0.4) is 0 Å². The monoisotopic (exact) mass is 390 g/mol. The van der Waals surface area contributed by atoms with Crippen molar-refractivity contribution in [3.8, 4) is 0 Å². The van der Waals surface area contributed by atoms with Gasteiger partial charge in [-0.05, 0) is 13.0 Å². The van der Waals surface area contributed by atoms with Crippen LogP contribution < -0.4 is 5.43 Å². The Labute approximate surface area is 159 Å². The summed E-state index contributed by atoms with van der Waals surface area (Å²) in [5.74, 6) is 0.0823. The molecule has 150 valence electrons. The predicted molar refractivity (Wildman–Crippen MR) is 102 cm³/mol. The van der Waals surface area contributed by atoms with Crippen LogP contribution in [0.15, 0.2) is 29.4 Å². The quantitative estimate of drug-likeness (QED) is 0.205. The van der Waals surface area contributed by atoms with Crippen LogP contribution >= 0.6 is 0 Å². The molecular formula is C17H22N6O5. The zero-order valence-corrected chi connectivity index (χ0v) is 15.1. The average molecular weight is 390 g/mol. The topological polar surface area (TPSA) is 169 Å². The zero-order valence-electron chi connectivity index (χ0n) is 15.1. The summed E-state index contributed by atoms with van der Waals surface area (Å²) >= 11 is 0. The number of nitrogens with zero attached hydrogens (tertiary/aromatic N) is 5. The number of fused-ring (bicyclic) bond motifs is 3. The van der Waals surface area contributed by atoms with Crippen molar-refractivity contribution in [2.75, 3.05) is 12.0 Å². The maximum Gasteiger partial charge on any atom is 0.265 e. The van der Waals surface area contributed by atoms with Gasteiger partial charge in [-0.3, -0.25) is 0 Å². The van der Waals surface area contributed by atoms with Gasteiger partial charge in [-0.15, -0.1) is 10.2 Å². The van der Waals surface area contributed by atoms with Crippen molar-refractivity contribution in [3.63, 3.8) is 0 Å². The first-order valence-corrected chi connectivity index (χ1v) is 8.71.